The minimum Gasteiger partial charge on any atom is -0.461 e. The predicted octanol–water partition coefficient (Wildman–Crippen LogP) is 4.48. The Morgan fingerprint density at radius 3 is 2.69 bits per heavy atom. The number of nitro benzene ring substituents is 1. The maximum atomic E-state index is 14.2. The van der Waals surface area contributed by atoms with Crippen LogP contribution in [0, 0.1) is 10.1 Å². The number of ether oxygens (including phenoxy) is 3. The van der Waals surface area contributed by atoms with Gasteiger partial charge >= 0.3 is 6.01 Å². The Bertz CT molecular complexity index is 1720. The van der Waals surface area contributed by atoms with Gasteiger partial charge in [-0.15, -0.1) is 0 Å². The van der Waals surface area contributed by atoms with Crippen LogP contribution in [0.3, 0.4) is 0 Å². The summed E-state index contributed by atoms with van der Waals surface area (Å²) < 4.78 is 49.0. The average Bonchev–Trinajstić information content (AvgIpc) is 3.38. The van der Waals surface area contributed by atoms with Gasteiger partial charge in [0.15, 0.2) is 11.1 Å². The van der Waals surface area contributed by atoms with Gasteiger partial charge < -0.3 is 14.2 Å². The highest BCUT2D eigenvalue weighted by Crippen LogP contribution is 2.38. The molecule has 1 unspecified atom stereocenters. The maximum Gasteiger partial charge on any atom is 0.317 e. The molecular formula is C28H30N6O7S. The van der Waals surface area contributed by atoms with Gasteiger partial charge in [-0.1, -0.05) is 12.1 Å². The van der Waals surface area contributed by atoms with Crippen LogP contribution in [-0.4, -0.2) is 65.6 Å². The zero-order valence-electron chi connectivity index (χ0n) is 23.0. The molecule has 14 heteroatoms. The number of anilines is 1. The Hall–Kier alpha value is -4.14. The number of hydrogen-bond donors (Lipinski definition) is 0. The van der Waals surface area contributed by atoms with Crippen LogP contribution in [0.1, 0.15) is 38.8 Å². The quantitative estimate of drug-likeness (QED) is 0.244. The largest absolute Gasteiger partial charge is 0.461 e. The lowest BCUT2D eigenvalue weighted by Crippen LogP contribution is -2.39. The second-order valence-corrected chi connectivity index (χ2v) is 11.9. The van der Waals surface area contributed by atoms with E-state index >= 15 is 0 Å². The maximum absolute atomic E-state index is 14.2. The molecule has 0 radical (unpaired) electrons. The molecule has 4 aromatic rings. The van der Waals surface area contributed by atoms with E-state index in [1.807, 2.05) is 4.68 Å². The monoisotopic (exact) mass is 594 g/mol. The van der Waals surface area contributed by atoms with Gasteiger partial charge in [0.1, 0.15) is 12.3 Å². The molecule has 2 aromatic carbocycles. The Balaban J connectivity index is 1.57. The molecule has 220 valence electrons. The van der Waals surface area contributed by atoms with Gasteiger partial charge in [-0.3, -0.25) is 14.4 Å². The number of fused-ring (bicyclic) bond motifs is 4. The molecule has 0 saturated carbocycles. The summed E-state index contributed by atoms with van der Waals surface area (Å²) in [7, 11) is -4.39. The normalized spacial score (nSPS) is 20.1. The molecular weight excluding hydrogens is 564 g/mol. The minimum absolute atomic E-state index is 0.174. The van der Waals surface area contributed by atoms with Crippen LogP contribution in [0.5, 0.6) is 6.01 Å². The Kier molecular flexibility index (Phi) is 7.75. The van der Waals surface area contributed by atoms with Crippen LogP contribution < -0.4 is 9.04 Å². The molecule has 6 rings (SSSR count). The Labute approximate surface area is 242 Å². The Morgan fingerprint density at radius 2 is 1.88 bits per heavy atom. The van der Waals surface area contributed by atoms with Gasteiger partial charge in [0.25, 0.3) is 15.7 Å². The first kappa shape index (κ1) is 28.0. The molecule has 42 heavy (non-hydrogen) atoms. The van der Waals surface area contributed by atoms with Crippen molar-refractivity contribution in [3.63, 3.8) is 0 Å². The van der Waals surface area contributed by atoms with Crippen molar-refractivity contribution in [2.75, 3.05) is 30.7 Å². The third kappa shape index (κ3) is 5.28. The van der Waals surface area contributed by atoms with Crippen molar-refractivity contribution in [1.82, 2.24) is 19.7 Å². The highest BCUT2D eigenvalue weighted by Gasteiger charge is 2.35. The van der Waals surface area contributed by atoms with E-state index in [1.165, 1.54) is 28.6 Å². The van der Waals surface area contributed by atoms with E-state index in [9.17, 15) is 18.5 Å². The van der Waals surface area contributed by atoms with Crippen LogP contribution >= 0.6 is 0 Å². The second kappa shape index (κ2) is 11.6. The first-order valence-corrected chi connectivity index (χ1v) is 15.2. The van der Waals surface area contributed by atoms with E-state index < -0.39 is 26.7 Å². The SMILES string of the molecule is C[C@H]1CCOCCOc2nccc(n2)-c2nn(C3CCCCO3)c3ccc(cc23)N1S(=O)(=O)c1ccccc1[N+](=O)[O-]. The zero-order valence-corrected chi connectivity index (χ0v) is 23.8. The Morgan fingerprint density at radius 1 is 1.02 bits per heavy atom. The molecule has 0 aliphatic carbocycles. The molecule has 0 N–H and O–H groups in total. The van der Waals surface area contributed by atoms with Crippen molar-refractivity contribution in [3.8, 4) is 17.4 Å². The molecule has 2 atom stereocenters. The molecule has 1 fully saturated rings. The summed E-state index contributed by atoms with van der Waals surface area (Å²) in [5.74, 6) is 0. The highest BCUT2D eigenvalue weighted by atomic mass is 32.2. The third-order valence-electron chi connectivity index (χ3n) is 7.39. The third-order valence-corrected chi connectivity index (χ3v) is 9.38. The number of aromatic nitrogens is 4. The summed E-state index contributed by atoms with van der Waals surface area (Å²) in [5, 5.41) is 17.4. The van der Waals surface area contributed by atoms with E-state index in [1.54, 1.807) is 37.4 Å². The van der Waals surface area contributed by atoms with Gasteiger partial charge in [0, 0.05) is 36.9 Å². The summed E-state index contributed by atoms with van der Waals surface area (Å²) in [6.45, 7) is 3.04. The molecule has 0 amide bonds. The van der Waals surface area contributed by atoms with Crippen molar-refractivity contribution >= 4 is 32.3 Å². The van der Waals surface area contributed by atoms with Crippen molar-refractivity contribution in [2.24, 2.45) is 0 Å². The second-order valence-electron chi connectivity index (χ2n) is 10.2. The van der Waals surface area contributed by atoms with Crippen molar-refractivity contribution in [3.05, 3.63) is 64.8 Å². The molecule has 2 aliphatic heterocycles. The standard InChI is InChI=1S/C28H30N6O7S/c1-19-12-15-39-16-17-41-28-29-13-11-22(30-28)27-21-18-20(9-10-23(21)32(31-27)26-8-4-5-14-40-26)33(19)42(37,38)25-7-3-2-6-24(25)34(35)36/h2-3,6-7,9-11,13,18-19,26H,4-5,8,12,14-17H2,1H3/t19-,26?/m0/s1. The number of nitrogens with zero attached hydrogens (tertiary/aromatic N) is 6. The lowest BCUT2D eigenvalue weighted by molar-refractivity contribution is -0.387. The summed E-state index contributed by atoms with van der Waals surface area (Å²) in [6.07, 6.45) is 4.36. The van der Waals surface area contributed by atoms with Crippen LogP contribution in [-0.2, 0) is 19.5 Å². The van der Waals surface area contributed by atoms with Crippen molar-refractivity contribution in [1.29, 1.82) is 0 Å². The van der Waals surface area contributed by atoms with Gasteiger partial charge in [0.2, 0.25) is 0 Å². The van der Waals surface area contributed by atoms with E-state index in [0.717, 1.165) is 24.8 Å². The van der Waals surface area contributed by atoms with Crippen molar-refractivity contribution < 1.29 is 27.6 Å². The van der Waals surface area contributed by atoms with E-state index in [2.05, 4.69) is 9.97 Å². The lowest BCUT2D eigenvalue weighted by Gasteiger charge is -2.30. The first-order valence-electron chi connectivity index (χ1n) is 13.8. The van der Waals surface area contributed by atoms with Gasteiger partial charge in [-0.05, 0) is 62.9 Å². The molecule has 4 bridgehead atoms. The summed E-state index contributed by atoms with van der Waals surface area (Å²) in [5.41, 5.74) is 1.58. The molecule has 0 spiro atoms. The number of rotatable bonds is 4. The number of sulfonamides is 1. The fourth-order valence-corrected chi connectivity index (χ4v) is 7.20. The van der Waals surface area contributed by atoms with E-state index in [-0.39, 0.29) is 37.0 Å². The number of nitro groups is 1. The zero-order chi connectivity index (χ0) is 29.3. The lowest BCUT2D eigenvalue weighted by atomic mass is 10.1. The van der Waals surface area contributed by atoms with Crippen LogP contribution in [0.4, 0.5) is 11.4 Å². The fourth-order valence-electron chi connectivity index (χ4n) is 5.36. The molecule has 2 aliphatic rings. The topological polar surface area (TPSA) is 152 Å². The summed E-state index contributed by atoms with van der Waals surface area (Å²) >= 11 is 0. The highest BCUT2D eigenvalue weighted by molar-refractivity contribution is 7.93. The molecule has 13 nitrogen and oxygen atoms in total. The van der Waals surface area contributed by atoms with E-state index in [4.69, 9.17) is 19.3 Å². The summed E-state index contributed by atoms with van der Waals surface area (Å²) in [6, 6.07) is 11.9. The minimum atomic E-state index is -4.39. The molecule has 2 aromatic heterocycles. The van der Waals surface area contributed by atoms with Gasteiger partial charge in [-0.25, -0.2) is 18.1 Å². The van der Waals surface area contributed by atoms with E-state index in [0.29, 0.717) is 35.5 Å². The smallest absolute Gasteiger partial charge is 0.317 e. The fraction of sp³-hybridized carbons (Fsp3) is 0.393. The van der Waals surface area contributed by atoms with Crippen LogP contribution in [0.25, 0.3) is 22.3 Å². The van der Waals surface area contributed by atoms with Crippen molar-refractivity contribution in [2.45, 2.75) is 49.8 Å². The number of para-hydroxylation sites is 1. The van der Waals surface area contributed by atoms with Gasteiger partial charge in [-0.2, -0.15) is 10.1 Å². The molecule has 4 heterocycles. The number of hydrogen-bond acceptors (Lipinski definition) is 10. The van der Waals surface area contributed by atoms with Crippen LogP contribution in [0.2, 0.25) is 0 Å². The molecule has 1 saturated heterocycles. The van der Waals surface area contributed by atoms with Crippen LogP contribution in [0.15, 0.2) is 59.6 Å². The van der Waals surface area contributed by atoms with Gasteiger partial charge in [0.05, 0.1) is 28.4 Å². The average molecular weight is 595 g/mol. The summed E-state index contributed by atoms with van der Waals surface area (Å²) in [4.78, 5) is 19.5. The predicted molar refractivity (Wildman–Crippen MR) is 153 cm³/mol. The number of benzene rings is 2. The first-order chi connectivity index (χ1) is 20.3.